The normalized spacial score (nSPS) is 11.2. The van der Waals surface area contributed by atoms with Gasteiger partial charge in [0.25, 0.3) is 0 Å². The predicted molar refractivity (Wildman–Crippen MR) is 75.2 cm³/mol. The smallest absolute Gasteiger partial charge is 0.126 e. The van der Waals surface area contributed by atoms with E-state index in [9.17, 15) is 4.39 Å². The quantitative estimate of drug-likeness (QED) is 0.716. The van der Waals surface area contributed by atoms with Crippen molar-refractivity contribution in [3.8, 4) is 0 Å². The zero-order valence-corrected chi connectivity index (χ0v) is 11.8. The van der Waals surface area contributed by atoms with Gasteiger partial charge in [0, 0.05) is 19.6 Å². The Labute approximate surface area is 110 Å². The van der Waals surface area contributed by atoms with E-state index in [4.69, 9.17) is 0 Å². The van der Waals surface area contributed by atoms with Gasteiger partial charge in [-0.05, 0) is 43.6 Å². The van der Waals surface area contributed by atoms with Crippen LogP contribution < -0.4 is 5.32 Å². The highest BCUT2D eigenvalue weighted by atomic mass is 19.1. The second-order valence-electron chi connectivity index (χ2n) is 4.69. The average molecular weight is 252 g/mol. The molecule has 0 aromatic heterocycles. The lowest BCUT2D eigenvalue weighted by Gasteiger charge is -2.19. The Morgan fingerprint density at radius 3 is 2.61 bits per heavy atom. The van der Waals surface area contributed by atoms with Gasteiger partial charge in [-0.2, -0.15) is 0 Å². The fourth-order valence-electron chi connectivity index (χ4n) is 2.03. The summed E-state index contributed by atoms with van der Waals surface area (Å²) in [7, 11) is 0. The van der Waals surface area contributed by atoms with Crippen molar-refractivity contribution in [3.05, 3.63) is 35.1 Å². The Balaban J connectivity index is 2.26. The van der Waals surface area contributed by atoms with E-state index in [0.717, 1.165) is 43.9 Å². The van der Waals surface area contributed by atoms with Crippen molar-refractivity contribution in [3.63, 3.8) is 0 Å². The molecule has 0 unspecified atom stereocenters. The third kappa shape index (κ3) is 5.15. The molecule has 1 aromatic carbocycles. The summed E-state index contributed by atoms with van der Waals surface area (Å²) in [5.41, 5.74) is 1.86. The molecule has 0 heterocycles. The molecular weight excluding hydrogens is 227 g/mol. The Morgan fingerprint density at radius 2 is 2.00 bits per heavy atom. The molecule has 0 aliphatic heterocycles. The van der Waals surface area contributed by atoms with Crippen molar-refractivity contribution >= 4 is 0 Å². The zero-order valence-electron chi connectivity index (χ0n) is 11.8. The first kappa shape index (κ1) is 15.1. The monoisotopic (exact) mass is 252 g/mol. The molecule has 3 heteroatoms. The molecule has 0 bridgehead atoms. The van der Waals surface area contributed by atoms with Crippen molar-refractivity contribution in [2.45, 2.75) is 33.7 Å². The summed E-state index contributed by atoms with van der Waals surface area (Å²) in [5, 5.41) is 3.41. The summed E-state index contributed by atoms with van der Waals surface area (Å²) in [5.74, 6) is -0.126. The van der Waals surface area contributed by atoms with Crippen molar-refractivity contribution in [2.24, 2.45) is 0 Å². The molecule has 0 fully saturated rings. The lowest BCUT2D eigenvalue weighted by Crippen LogP contribution is -2.32. The van der Waals surface area contributed by atoms with Crippen LogP contribution in [0.4, 0.5) is 4.39 Å². The van der Waals surface area contributed by atoms with Crippen LogP contribution in [0, 0.1) is 12.7 Å². The first-order valence-corrected chi connectivity index (χ1v) is 6.85. The predicted octanol–water partition coefficient (Wildman–Crippen LogP) is 2.96. The van der Waals surface area contributed by atoms with E-state index in [1.165, 1.54) is 6.42 Å². The van der Waals surface area contributed by atoms with Crippen molar-refractivity contribution in [2.75, 3.05) is 26.2 Å². The number of nitrogens with zero attached hydrogens (tertiary/aromatic N) is 1. The molecule has 0 atom stereocenters. The van der Waals surface area contributed by atoms with Gasteiger partial charge in [0.15, 0.2) is 0 Å². The average Bonchev–Trinajstić information content (AvgIpc) is 2.37. The molecule has 0 amide bonds. The Hall–Kier alpha value is -0.930. The van der Waals surface area contributed by atoms with Crippen LogP contribution in [0.2, 0.25) is 0 Å². The van der Waals surface area contributed by atoms with Gasteiger partial charge in [-0.1, -0.05) is 26.0 Å². The van der Waals surface area contributed by atoms with Crippen LogP contribution in [0.25, 0.3) is 0 Å². The topological polar surface area (TPSA) is 15.3 Å². The number of hydrogen-bond donors (Lipinski definition) is 1. The van der Waals surface area contributed by atoms with E-state index in [1.807, 2.05) is 12.1 Å². The number of halogens is 1. The van der Waals surface area contributed by atoms with Gasteiger partial charge < -0.3 is 10.2 Å². The van der Waals surface area contributed by atoms with Crippen molar-refractivity contribution in [1.82, 2.24) is 10.2 Å². The van der Waals surface area contributed by atoms with E-state index < -0.39 is 0 Å². The summed E-state index contributed by atoms with van der Waals surface area (Å²) in [6, 6.07) is 5.30. The molecule has 1 N–H and O–H groups in total. The Morgan fingerprint density at radius 1 is 1.22 bits per heavy atom. The molecule has 0 aliphatic carbocycles. The highest BCUT2D eigenvalue weighted by Crippen LogP contribution is 2.08. The molecule has 0 spiro atoms. The summed E-state index contributed by atoms with van der Waals surface area (Å²) < 4.78 is 13.1. The number of likely N-dealkylation sites (N-methyl/N-ethyl adjacent to an activating group) is 1. The van der Waals surface area contributed by atoms with Crippen LogP contribution in [0.5, 0.6) is 0 Å². The van der Waals surface area contributed by atoms with E-state index >= 15 is 0 Å². The maximum Gasteiger partial charge on any atom is 0.126 e. The minimum Gasteiger partial charge on any atom is -0.311 e. The number of nitrogens with one attached hydrogen (secondary N) is 1. The SMILES string of the molecule is CCCN(CC)CCNCc1ccc(F)c(C)c1. The maximum absolute atomic E-state index is 13.1. The summed E-state index contributed by atoms with van der Waals surface area (Å²) in [4.78, 5) is 2.43. The number of aryl methyl sites for hydroxylation is 1. The fraction of sp³-hybridized carbons (Fsp3) is 0.600. The molecule has 18 heavy (non-hydrogen) atoms. The lowest BCUT2D eigenvalue weighted by molar-refractivity contribution is 0.287. The van der Waals surface area contributed by atoms with Crippen molar-refractivity contribution < 1.29 is 4.39 Å². The molecule has 0 saturated heterocycles. The fourth-order valence-corrected chi connectivity index (χ4v) is 2.03. The van der Waals surface area contributed by atoms with Crippen LogP contribution in [0.1, 0.15) is 31.4 Å². The Kier molecular flexibility index (Phi) is 6.91. The highest BCUT2D eigenvalue weighted by Gasteiger charge is 2.01. The standard InChI is InChI=1S/C15H25FN2/c1-4-9-18(5-2)10-8-17-12-14-6-7-15(16)13(3)11-14/h6-7,11,17H,4-5,8-10,12H2,1-3H3. The summed E-state index contributed by atoms with van der Waals surface area (Å²) >= 11 is 0. The van der Waals surface area contributed by atoms with Gasteiger partial charge in [0.05, 0.1) is 0 Å². The van der Waals surface area contributed by atoms with Crippen molar-refractivity contribution in [1.29, 1.82) is 0 Å². The molecule has 2 nitrogen and oxygen atoms in total. The minimum absolute atomic E-state index is 0.126. The first-order chi connectivity index (χ1) is 8.67. The van der Waals surface area contributed by atoms with Crippen LogP contribution >= 0.6 is 0 Å². The highest BCUT2D eigenvalue weighted by molar-refractivity contribution is 5.23. The third-order valence-corrected chi connectivity index (χ3v) is 3.14. The van der Waals surface area contributed by atoms with Crippen LogP contribution in [0.15, 0.2) is 18.2 Å². The number of benzene rings is 1. The summed E-state index contributed by atoms with van der Waals surface area (Å²) in [6.45, 7) is 11.3. The van der Waals surface area contributed by atoms with Crippen LogP contribution in [0.3, 0.4) is 0 Å². The molecular formula is C15H25FN2. The second-order valence-corrected chi connectivity index (χ2v) is 4.69. The molecule has 1 aromatic rings. The maximum atomic E-state index is 13.1. The molecule has 0 radical (unpaired) electrons. The Bertz CT molecular complexity index is 352. The minimum atomic E-state index is -0.126. The molecule has 0 aliphatic rings. The third-order valence-electron chi connectivity index (χ3n) is 3.14. The largest absolute Gasteiger partial charge is 0.311 e. The number of rotatable bonds is 8. The van der Waals surface area contributed by atoms with E-state index in [1.54, 1.807) is 13.0 Å². The van der Waals surface area contributed by atoms with Gasteiger partial charge in [-0.3, -0.25) is 0 Å². The molecule has 102 valence electrons. The lowest BCUT2D eigenvalue weighted by atomic mass is 10.1. The molecule has 1 rings (SSSR count). The van der Waals surface area contributed by atoms with Crippen LogP contribution in [-0.2, 0) is 6.54 Å². The van der Waals surface area contributed by atoms with Crippen LogP contribution in [-0.4, -0.2) is 31.1 Å². The van der Waals surface area contributed by atoms with E-state index in [0.29, 0.717) is 0 Å². The van der Waals surface area contributed by atoms with Gasteiger partial charge in [-0.15, -0.1) is 0 Å². The van der Waals surface area contributed by atoms with E-state index in [2.05, 4.69) is 24.1 Å². The summed E-state index contributed by atoms with van der Waals surface area (Å²) in [6.07, 6.45) is 1.20. The van der Waals surface area contributed by atoms with Gasteiger partial charge in [-0.25, -0.2) is 4.39 Å². The molecule has 0 saturated carbocycles. The van der Waals surface area contributed by atoms with Gasteiger partial charge >= 0.3 is 0 Å². The van der Waals surface area contributed by atoms with E-state index in [-0.39, 0.29) is 5.82 Å². The van der Waals surface area contributed by atoms with Gasteiger partial charge in [0.1, 0.15) is 5.82 Å². The first-order valence-electron chi connectivity index (χ1n) is 6.85. The second kappa shape index (κ2) is 8.22. The van der Waals surface area contributed by atoms with Gasteiger partial charge in [0.2, 0.25) is 0 Å². The number of hydrogen-bond acceptors (Lipinski definition) is 2. The zero-order chi connectivity index (χ0) is 13.4.